The van der Waals surface area contributed by atoms with Crippen molar-refractivity contribution in [3.8, 4) is 0 Å². The number of amides is 1. The summed E-state index contributed by atoms with van der Waals surface area (Å²) < 4.78 is 59.5. The van der Waals surface area contributed by atoms with Crippen molar-refractivity contribution in [3.05, 3.63) is 80.3 Å². The molecule has 2 atom stereocenters. The Morgan fingerprint density at radius 2 is 1.82 bits per heavy atom. The summed E-state index contributed by atoms with van der Waals surface area (Å²) >= 11 is 2.20. The van der Waals surface area contributed by atoms with Crippen LogP contribution in [0, 0.1) is 15.2 Å². The van der Waals surface area contributed by atoms with E-state index in [-0.39, 0.29) is 41.9 Å². The lowest BCUT2D eigenvalue weighted by molar-refractivity contribution is 0.0823. The Labute approximate surface area is 233 Å². The third-order valence-corrected chi connectivity index (χ3v) is 6.61. The van der Waals surface area contributed by atoms with Crippen LogP contribution in [-0.2, 0) is 23.0 Å². The molecule has 3 aromatic rings. The predicted octanol–water partition coefficient (Wildman–Crippen LogP) is 3.54. The van der Waals surface area contributed by atoms with E-state index in [1.807, 2.05) is 24.3 Å². The second-order valence-corrected chi connectivity index (χ2v) is 12.1. The number of sulfonamides is 1. The van der Waals surface area contributed by atoms with Crippen LogP contribution < -0.4 is 15.4 Å². The number of anilines is 1. The molecule has 0 saturated carbocycles. The van der Waals surface area contributed by atoms with Crippen molar-refractivity contribution in [3.63, 3.8) is 0 Å². The molecule has 9 nitrogen and oxygen atoms in total. The summed E-state index contributed by atoms with van der Waals surface area (Å²) in [6, 6.07) is 9.40. The van der Waals surface area contributed by atoms with Crippen LogP contribution in [0.3, 0.4) is 0 Å². The molecule has 3 rings (SSSR count). The third-order valence-electron chi connectivity index (χ3n) is 5.40. The highest BCUT2D eigenvalue weighted by Gasteiger charge is 2.28. The highest BCUT2D eigenvalue weighted by atomic mass is 127. The van der Waals surface area contributed by atoms with E-state index in [4.69, 9.17) is 4.42 Å². The lowest BCUT2D eigenvalue weighted by Gasteiger charge is -2.25. The molecule has 2 aromatic carbocycles. The van der Waals surface area contributed by atoms with Crippen molar-refractivity contribution in [2.75, 3.05) is 17.5 Å². The van der Waals surface area contributed by atoms with Crippen LogP contribution in [0.1, 0.15) is 47.1 Å². The summed E-state index contributed by atoms with van der Waals surface area (Å²) in [4.78, 5) is 17.2. The smallest absolute Gasteiger partial charge is 0.309 e. The topological polar surface area (TPSA) is 134 Å². The first-order chi connectivity index (χ1) is 17.8. The highest BCUT2D eigenvalue weighted by Crippen LogP contribution is 2.24. The Balaban J connectivity index is 1.82. The van der Waals surface area contributed by atoms with Crippen LogP contribution in [-0.4, -0.2) is 49.4 Å². The van der Waals surface area contributed by atoms with E-state index in [0.717, 1.165) is 33.6 Å². The van der Waals surface area contributed by atoms with Gasteiger partial charge >= 0.3 is 6.01 Å². The van der Waals surface area contributed by atoms with Gasteiger partial charge in [-0.15, -0.1) is 0 Å². The molecule has 38 heavy (non-hydrogen) atoms. The van der Waals surface area contributed by atoms with E-state index < -0.39 is 39.7 Å². The van der Waals surface area contributed by atoms with Crippen LogP contribution in [0.4, 0.5) is 14.8 Å². The molecule has 0 aliphatic rings. The number of carbonyl (C=O) groups is 1. The Bertz CT molecular complexity index is 1360. The predicted molar refractivity (Wildman–Crippen MR) is 147 cm³/mol. The van der Waals surface area contributed by atoms with Crippen LogP contribution in [0.5, 0.6) is 0 Å². The van der Waals surface area contributed by atoms with E-state index in [2.05, 4.69) is 42.9 Å². The molecular weight excluding hydrogens is 633 g/mol. The number of oxazole rings is 1. The number of aliphatic hydroxyl groups excluding tert-OH is 1. The summed E-state index contributed by atoms with van der Waals surface area (Å²) in [6.45, 7) is 3.98. The molecule has 0 saturated heterocycles. The molecule has 0 unspecified atom stereocenters. The summed E-state index contributed by atoms with van der Waals surface area (Å²) in [7, 11) is -3.71. The second kappa shape index (κ2) is 13.0. The first-order valence-corrected chi connectivity index (χ1v) is 14.7. The third kappa shape index (κ3) is 8.99. The van der Waals surface area contributed by atoms with Crippen LogP contribution in [0.25, 0.3) is 0 Å². The number of benzene rings is 2. The summed E-state index contributed by atoms with van der Waals surface area (Å²) in [5.41, 5.74) is 1.06. The average Bonchev–Trinajstić information content (AvgIpc) is 3.20. The number of rotatable bonds is 12. The molecule has 1 aromatic heterocycles. The summed E-state index contributed by atoms with van der Waals surface area (Å²) in [5.74, 6) is -2.50. The molecule has 0 bridgehead atoms. The fourth-order valence-electron chi connectivity index (χ4n) is 3.74. The van der Waals surface area contributed by atoms with Gasteiger partial charge in [-0.3, -0.25) is 4.79 Å². The zero-order chi connectivity index (χ0) is 28.0. The first-order valence-electron chi connectivity index (χ1n) is 11.7. The Hall–Kier alpha value is -2.62. The fourth-order valence-corrected chi connectivity index (χ4v) is 4.76. The molecule has 0 aliphatic heterocycles. The Kier molecular flexibility index (Phi) is 10.2. The molecule has 206 valence electrons. The summed E-state index contributed by atoms with van der Waals surface area (Å²) in [6.07, 6.45) is -0.327. The number of aromatic nitrogens is 1. The lowest BCUT2D eigenvalue weighted by atomic mass is 10.00. The number of hydrogen-bond donors (Lipinski definition) is 4. The number of carbonyl (C=O) groups excluding carboxylic acids is 1. The minimum atomic E-state index is -3.71. The SMILES string of the molecule is CC(C)c1oc(NS(C)(=O)=O)nc1C(=O)N[C@@H](Cc1cc(F)cc(F)c1)[C@@H](O)CNCc1cccc(I)c1. The standard InChI is InChI=1S/C25H29F2IN4O5S/c1-14(2)23-22(31-25(37-23)32-38(3,35)36)24(34)30-20(10-16-7-17(26)11-18(27)8-16)21(33)13-29-12-15-5-4-6-19(28)9-15/h4-9,11,14,20-21,29,33H,10,12-13H2,1-3H3,(H,30,34)(H,31,32)/t20-,21-/m0/s1. The minimum absolute atomic E-state index is 0.0605. The molecule has 0 radical (unpaired) electrons. The molecular formula is C25H29F2IN4O5S. The normalized spacial score (nSPS) is 13.4. The van der Waals surface area contributed by atoms with Crippen molar-refractivity contribution >= 4 is 44.5 Å². The van der Waals surface area contributed by atoms with Gasteiger partial charge in [-0.1, -0.05) is 26.0 Å². The second-order valence-electron chi connectivity index (χ2n) is 9.15. The molecule has 13 heteroatoms. The van der Waals surface area contributed by atoms with E-state index >= 15 is 0 Å². The number of nitrogens with one attached hydrogen (secondary N) is 3. The minimum Gasteiger partial charge on any atom is -0.427 e. The zero-order valence-corrected chi connectivity index (χ0v) is 23.9. The quantitative estimate of drug-likeness (QED) is 0.218. The van der Waals surface area contributed by atoms with Gasteiger partial charge in [0.05, 0.1) is 18.4 Å². The van der Waals surface area contributed by atoms with Crippen molar-refractivity contribution in [2.24, 2.45) is 0 Å². The van der Waals surface area contributed by atoms with Gasteiger partial charge in [0.15, 0.2) is 5.69 Å². The molecule has 1 amide bonds. The van der Waals surface area contributed by atoms with E-state index in [1.54, 1.807) is 13.8 Å². The van der Waals surface area contributed by atoms with E-state index in [0.29, 0.717) is 6.54 Å². The van der Waals surface area contributed by atoms with Gasteiger partial charge < -0.3 is 20.2 Å². The Morgan fingerprint density at radius 3 is 2.42 bits per heavy atom. The van der Waals surface area contributed by atoms with Crippen LogP contribution in [0.2, 0.25) is 0 Å². The van der Waals surface area contributed by atoms with Crippen molar-refractivity contribution in [1.82, 2.24) is 15.6 Å². The molecule has 1 heterocycles. The van der Waals surface area contributed by atoms with Gasteiger partial charge in [0.25, 0.3) is 5.91 Å². The number of nitrogens with zero attached hydrogens (tertiary/aromatic N) is 1. The van der Waals surface area contributed by atoms with Gasteiger partial charge in [0.1, 0.15) is 17.4 Å². The molecule has 4 N–H and O–H groups in total. The lowest BCUT2D eigenvalue weighted by Crippen LogP contribution is -2.49. The van der Waals surface area contributed by atoms with Gasteiger partial charge in [-0.25, -0.2) is 21.9 Å². The van der Waals surface area contributed by atoms with Gasteiger partial charge in [0, 0.05) is 28.6 Å². The van der Waals surface area contributed by atoms with Crippen molar-refractivity contribution in [1.29, 1.82) is 0 Å². The van der Waals surface area contributed by atoms with Gasteiger partial charge in [0.2, 0.25) is 10.0 Å². The van der Waals surface area contributed by atoms with Crippen LogP contribution >= 0.6 is 22.6 Å². The average molecular weight is 662 g/mol. The van der Waals surface area contributed by atoms with E-state index in [1.165, 1.54) is 0 Å². The van der Waals surface area contributed by atoms with Crippen molar-refractivity contribution < 1.29 is 31.5 Å². The first kappa shape index (κ1) is 29.9. The van der Waals surface area contributed by atoms with Crippen molar-refractivity contribution in [2.45, 2.75) is 44.9 Å². The maximum atomic E-state index is 13.8. The number of hydrogen-bond acceptors (Lipinski definition) is 7. The molecule has 0 aliphatic carbocycles. The largest absolute Gasteiger partial charge is 0.427 e. The van der Waals surface area contributed by atoms with Gasteiger partial charge in [-0.05, 0) is 64.4 Å². The monoisotopic (exact) mass is 662 g/mol. The number of halogens is 3. The Morgan fingerprint density at radius 1 is 1.13 bits per heavy atom. The zero-order valence-electron chi connectivity index (χ0n) is 21.0. The highest BCUT2D eigenvalue weighted by molar-refractivity contribution is 14.1. The maximum Gasteiger partial charge on any atom is 0.309 e. The van der Waals surface area contributed by atoms with Crippen LogP contribution in [0.15, 0.2) is 46.9 Å². The fraction of sp³-hybridized carbons (Fsp3) is 0.360. The maximum absolute atomic E-state index is 13.8. The van der Waals surface area contributed by atoms with Gasteiger partial charge in [-0.2, -0.15) is 4.98 Å². The molecule has 0 fully saturated rings. The molecule has 0 spiro atoms. The summed E-state index contributed by atoms with van der Waals surface area (Å²) in [5, 5.41) is 16.8. The van der Waals surface area contributed by atoms with E-state index in [9.17, 15) is 27.1 Å². The number of aliphatic hydroxyl groups is 1.